The Balaban J connectivity index is 1.66. The first-order chi connectivity index (χ1) is 14.9. The van der Waals surface area contributed by atoms with Gasteiger partial charge in [-0.2, -0.15) is 32.5 Å². The van der Waals surface area contributed by atoms with Crippen LogP contribution in [0.2, 0.25) is 0 Å². The van der Waals surface area contributed by atoms with Gasteiger partial charge in [0.1, 0.15) is 11.4 Å². The number of alkyl halides is 3. The van der Waals surface area contributed by atoms with Gasteiger partial charge in [-0.1, -0.05) is 6.07 Å². The van der Waals surface area contributed by atoms with E-state index >= 15 is 0 Å². The number of hydrogen-bond donors (Lipinski definition) is 2. The Kier molecular flexibility index (Phi) is 5.89. The fourth-order valence-corrected chi connectivity index (χ4v) is 2.96. The van der Waals surface area contributed by atoms with E-state index in [1.165, 1.54) is 24.4 Å². The van der Waals surface area contributed by atoms with Crippen LogP contribution >= 0.6 is 0 Å². The second-order valence-electron chi connectivity index (χ2n) is 6.72. The Bertz CT molecular complexity index is 1060. The second kappa shape index (κ2) is 8.76. The predicted octanol–water partition coefficient (Wildman–Crippen LogP) is 3.82. The number of nitrogens with one attached hydrogen (secondary N) is 2. The normalized spacial score (nSPS) is 16.3. The molecule has 0 aliphatic carbocycles. The maximum absolute atomic E-state index is 13.4. The second-order valence-corrected chi connectivity index (χ2v) is 6.72. The maximum atomic E-state index is 13.4. The van der Waals surface area contributed by atoms with Gasteiger partial charge in [0.15, 0.2) is 5.82 Å². The zero-order valence-corrected chi connectivity index (χ0v) is 16.0. The van der Waals surface area contributed by atoms with Gasteiger partial charge in [0.25, 0.3) is 0 Å². The van der Waals surface area contributed by atoms with Gasteiger partial charge in [0.05, 0.1) is 6.10 Å². The third kappa shape index (κ3) is 5.40. The summed E-state index contributed by atoms with van der Waals surface area (Å²) < 4.78 is 58.1. The number of ether oxygens (including phenoxy) is 1. The molecule has 0 radical (unpaired) electrons. The summed E-state index contributed by atoms with van der Waals surface area (Å²) in [7, 11) is 0. The minimum Gasteiger partial charge on any atom is -0.376 e. The number of pyridine rings is 2. The van der Waals surface area contributed by atoms with Crippen LogP contribution in [0, 0.1) is 5.95 Å². The van der Waals surface area contributed by atoms with E-state index in [2.05, 4.69) is 35.6 Å². The van der Waals surface area contributed by atoms with Gasteiger partial charge >= 0.3 is 6.18 Å². The standard InChI is InChI=1S/C19H17F4N7O/c20-15-9-11(6-7-24-15)26-18-29-16(13-4-1-5-14(27-13)19(21,22)23)28-17(30-18)25-10-12-3-2-8-31-12/h1,4-7,9,12H,2-3,8,10H2,(H2,24,25,26,28,29,30)/t12-/m1/s1. The van der Waals surface area contributed by atoms with Crippen molar-refractivity contribution in [3.8, 4) is 11.5 Å². The fraction of sp³-hybridized carbons (Fsp3) is 0.316. The van der Waals surface area contributed by atoms with Crippen LogP contribution in [0.3, 0.4) is 0 Å². The molecule has 2 N–H and O–H groups in total. The van der Waals surface area contributed by atoms with Crippen LogP contribution in [0.15, 0.2) is 36.5 Å². The molecule has 12 heteroatoms. The fourth-order valence-electron chi connectivity index (χ4n) is 2.96. The van der Waals surface area contributed by atoms with E-state index < -0.39 is 17.8 Å². The van der Waals surface area contributed by atoms with Crippen LogP contribution in [-0.2, 0) is 10.9 Å². The molecule has 3 aromatic rings. The van der Waals surface area contributed by atoms with Gasteiger partial charge in [-0.05, 0) is 31.0 Å². The Morgan fingerprint density at radius 3 is 2.65 bits per heavy atom. The molecular weight excluding hydrogens is 418 g/mol. The summed E-state index contributed by atoms with van der Waals surface area (Å²) in [6.45, 7) is 1.09. The van der Waals surface area contributed by atoms with E-state index in [-0.39, 0.29) is 29.5 Å². The van der Waals surface area contributed by atoms with Crippen LogP contribution in [0.25, 0.3) is 11.5 Å². The third-order valence-electron chi connectivity index (χ3n) is 4.40. The molecule has 1 fully saturated rings. The van der Waals surface area contributed by atoms with Gasteiger partial charge < -0.3 is 15.4 Å². The highest BCUT2D eigenvalue weighted by molar-refractivity contribution is 5.58. The number of hydrogen-bond acceptors (Lipinski definition) is 8. The molecule has 1 aliphatic heterocycles. The summed E-state index contributed by atoms with van der Waals surface area (Å²) in [5.74, 6) is -0.662. The van der Waals surface area contributed by atoms with E-state index in [9.17, 15) is 17.6 Å². The number of aromatic nitrogens is 5. The van der Waals surface area contributed by atoms with Crippen molar-refractivity contribution in [3.63, 3.8) is 0 Å². The van der Waals surface area contributed by atoms with Crippen LogP contribution in [0.4, 0.5) is 35.1 Å². The number of anilines is 3. The molecule has 162 valence electrons. The number of halogens is 4. The SMILES string of the molecule is Fc1cc(Nc2nc(NC[C@H]3CCCO3)nc(-c3cccc(C(F)(F)F)n3)n2)ccn1. The Morgan fingerprint density at radius 2 is 1.90 bits per heavy atom. The highest BCUT2D eigenvalue weighted by Crippen LogP contribution is 2.29. The van der Waals surface area contributed by atoms with Gasteiger partial charge in [-0.3, -0.25) is 0 Å². The van der Waals surface area contributed by atoms with Gasteiger partial charge in [0.2, 0.25) is 17.8 Å². The van der Waals surface area contributed by atoms with E-state index in [0.717, 1.165) is 25.0 Å². The highest BCUT2D eigenvalue weighted by atomic mass is 19.4. The van der Waals surface area contributed by atoms with E-state index in [0.29, 0.717) is 18.8 Å². The largest absolute Gasteiger partial charge is 0.433 e. The van der Waals surface area contributed by atoms with Crippen molar-refractivity contribution >= 4 is 17.6 Å². The average molecular weight is 435 g/mol. The zero-order valence-electron chi connectivity index (χ0n) is 16.0. The van der Waals surface area contributed by atoms with E-state index in [4.69, 9.17) is 4.74 Å². The van der Waals surface area contributed by atoms with Gasteiger partial charge in [-0.15, -0.1) is 0 Å². The molecule has 0 unspecified atom stereocenters. The topological polar surface area (TPSA) is 97.7 Å². The summed E-state index contributed by atoms with van der Waals surface area (Å²) in [5, 5.41) is 5.82. The molecule has 31 heavy (non-hydrogen) atoms. The van der Waals surface area contributed by atoms with Crippen LogP contribution < -0.4 is 10.6 Å². The molecular formula is C19H17F4N7O. The zero-order chi connectivity index (χ0) is 21.8. The van der Waals surface area contributed by atoms with Crippen molar-refractivity contribution < 1.29 is 22.3 Å². The Hall–Kier alpha value is -3.41. The first kappa shape index (κ1) is 20.8. The van der Waals surface area contributed by atoms with Crippen LogP contribution in [-0.4, -0.2) is 44.2 Å². The van der Waals surface area contributed by atoms with Crippen LogP contribution in [0.5, 0.6) is 0 Å². The summed E-state index contributed by atoms with van der Waals surface area (Å²) in [5.41, 5.74) is -0.835. The Labute approximate surface area is 174 Å². The van der Waals surface area contributed by atoms with Crippen molar-refractivity contribution in [1.82, 2.24) is 24.9 Å². The van der Waals surface area contributed by atoms with Crippen LogP contribution in [0.1, 0.15) is 18.5 Å². The molecule has 3 aromatic heterocycles. The summed E-state index contributed by atoms with van der Waals surface area (Å²) in [6, 6.07) is 6.07. The van der Waals surface area contributed by atoms with Crippen molar-refractivity contribution in [2.75, 3.05) is 23.8 Å². The molecule has 1 saturated heterocycles. The van der Waals surface area contributed by atoms with Crippen molar-refractivity contribution in [3.05, 3.63) is 48.2 Å². The predicted molar refractivity (Wildman–Crippen MR) is 103 cm³/mol. The lowest BCUT2D eigenvalue weighted by atomic mass is 10.2. The number of rotatable bonds is 6. The monoisotopic (exact) mass is 435 g/mol. The molecule has 0 aromatic carbocycles. The molecule has 0 amide bonds. The minimum absolute atomic E-state index is 0.00431. The lowest BCUT2D eigenvalue weighted by Gasteiger charge is -2.13. The molecule has 4 rings (SSSR count). The summed E-state index contributed by atoms with van der Waals surface area (Å²) >= 11 is 0. The molecule has 8 nitrogen and oxygen atoms in total. The quantitative estimate of drug-likeness (QED) is 0.446. The lowest BCUT2D eigenvalue weighted by Crippen LogP contribution is -2.20. The smallest absolute Gasteiger partial charge is 0.376 e. The van der Waals surface area contributed by atoms with Crippen molar-refractivity contribution in [2.24, 2.45) is 0 Å². The third-order valence-corrected chi connectivity index (χ3v) is 4.40. The van der Waals surface area contributed by atoms with Crippen molar-refractivity contribution in [1.29, 1.82) is 0 Å². The first-order valence-corrected chi connectivity index (χ1v) is 9.41. The molecule has 4 heterocycles. The lowest BCUT2D eigenvalue weighted by molar-refractivity contribution is -0.141. The molecule has 0 spiro atoms. The van der Waals surface area contributed by atoms with Gasteiger partial charge in [0, 0.05) is 31.1 Å². The molecule has 0 saturated carbocycles. The Morgan fingerprint density at radius 1 is 1.06 bits per heavy atom. The molecule has 0 bridgehead atoms. The van der Waals surface area contributed by atoms with E-state index in [1.807, 2.05) is 0 Å². The number of nitrogens with zero attached hydrogens (tertiary/aromatic N) is 5. The van der Waals surface area contributed by atoms with Gasteiger partial charge in [-0.25, -0.2) is 9.97 Å². The summed E-state index contributed by atoms with van der Waals surface area (Å²) in [4.78, 5) is 19.7. The minimum atomic E-state index is -4.61. The van der Waals surface area contributed by atoms with Crippen molar-refractivity contribution in [2.45, 2.75) is 25.1 Å². The average Bonchev–Trinajstić information content (AvgIpc) is 3.25. The summed E-state index contributed by atoms with van der Waals surface area (Å²) in [6.07, 6.45) is -1.55. The maximum Gasteiger partial charge on any atom is 0.433 e. The molecule has 1 aliphatic rings. The first-order valence-electron chi connectivity index (χ1n) is 9.41. The molecule has 1 atom stereocenters. The highest BCUT2D eigenvalue weighted by Gasteiger charge is 2.32. The van der Waals surface area contributed by atoms with E-state index in [1.54, 1.807) is 0 Å².